The third kappa shape index (κ3) is 2.73. The van der Waals surface area contributed by atoms with Crippen LogP contribution in [0.2, 0.25) is 0 Å². The Bertz CT molecular complexity index is 1130. The number of nitro benzene ring substituents is 2. The Kier molecular flexibility index (Phi) is 3.89. The second kappa shape index (κ2) is 6.05. The number of nitrogens with zero attached hydrogens (tertiary/aromatic N) is 3. The van der Waals surface area contributed by atoms with E-state index in [-0.39, 0.29) is 22.2 Å². The molecule has 1 heterocycles. The molecule has 0 bridgehead atoms. The van der Waals surface area contributed by atoms with Crippen LogP contribution in [0.3, 0.4) is 0 Å². The normalized spacial score (nSPS) is 10.6. The highest BCUT2D eigenvalue weighted by molar-refractivity contribution is 5.85. The Morgan fingerprint density at radius 1 is 0.769 bits per heavy atom. The lowest BCUT2D eigenvalue weighted by molar-refractivity contribution is -0.386. The summed E-state index contributed by atoms with van der Waals surface area (Å²) in [6.45, 7) is 0. The van der Waals surface area contributed by atoms with Crippen LogP contribution in [0.25, 0.3) is 22.3 Å². The predicted octanol–water partition coefficient (Wildman–Crippen LogP) is 3.18. The summed E-state index contributed by atoms with van der Waals surface area (Å²) in [5.74, 6) is -0.392. The van der Waals surface area contributed by atoms with Crippen LogP contribution in [0.1, 0.15) is 0 Å². The fourth-order valence-corrected chi connectivity index (χ4v) is 2.38. The second-order valence-corrected chi connectivity index (χ2v) is 5.11. The van der Waals surface area contributed by atoms with E-state index in [2.05, 4.69) is 0 Å². The molecule has 0 amide bonds. The van der Waals surface area contributed by atoms with Gasteiger partial charge in [-0.15, -0.1) is 0 Å². The lowest BCUT2D eigenvalue weighted by Crippen LogP contribution is -2.10. The van der Waals surface area contributed by atoms with Crippen molar-refractivity contribution in [2.24, 2.45) is 0 Å². The lowest BCUT2D eigenvalue weighted by atomic mass is 10.1. The number of nitro groups is 3. The van der Waals surface area contributed by atoms with E-state index in [9.17, 15) is 35.1 Å². The molecular weight excluding hydrogens is 350 g/mol. The molecule has 0 aliphatic rings. The van der Waals surface area contributed by atoms with Gasteiger partial charge in [-0.05, 0) is 18.2 Å². The van der Waals surface area contributed by atoms with E-state index in [0.29, 0.717) is 0 Å². The minimum atomic E-state index is -1.05. The summed E-state index contributed by atoms with van der Waals surface area (Å²) < 4.78 is 5.42. The summed E-state index contributed by atoms with van der Waals surface area (Å²) in [5.41, 5.74) is -2.61. The maximum Gasteiger partial charge on any atom is 0.359 e. The van der Waals surface area contributed by atoms with Crippen LogP contribution in [0.5, 0.6) is 0 Å². The minimum Gasteiger partial charge on any atom is -0.449 e. The van der Waals surface area contributed by atoms with Crippen LogP contribution in [0, 0.1) is 30.3 Å². The van der Waals surface area contributed by atoms with Crippen molar-refractivity contribution in [2.75, 3.05) is 0 Å². The lowest BCUT2D eigenvalue weighted by Gasteiger charge is -2.04. The van der Waals surface area contributed by atoms with Crippen LogP contribution >= 0.6 is 0 Å². The van der Waals surface area contributed by atoms with Gasteiger partial charge in [0.15, 0.2) is 0 Å². The topological polar surface area (TPSA) is 160 Å². The molecular formula is C15H7N3O8. The first-order chi connectivity index (χ1) is 12.3. The first-order valence-electron chi connectivity index (χ1n) is 6.94. The molecule has 11 heteroatoms. The maximum absolute atomic E-state index is 12.5. The van der Waals surface area contributed by atoms with Gasteiger partial charge < -0.3 is 4.42 Å². The first-order valence-corrected chi connectivity index (χ1v) is 6.94. The van der Waals surface area contributed by atoms with Gasteiger partial charge in [0.05, 0.1) is 20.2 Å². The van der Waals surface area contributed by atoms with Gasteiger partial charge in [0.2, 0.25) is 5.76 Å². The predicted molar refractivity (Wildman–Crippen MR) is 87.9 cm³/mol. The van der Waals surface area contributed by atoms with Gasteiger partial charge >= 0.3 is 5.69 Å². The zero-order chi connectivity index (χ0) is 19.0. The van der Waals surface area contributed by atoms with Crippen molar-refractivity contribution in [3.8, 4) is 11.3 Å². The van der Waals surface area contributed by atoms with Gasteiger partial charge in [-0.25, -0.2) is 0 Å². The molecule has 0 saturated carbocycles. The van der Waals surface area contributed by atoms with E-state index in [1.54, 1.807) is 0 Å². The van der Waals surface area contributed by atoms with Crippen molar-refractivity contribution in [3.05, 3.63) is 83.0 Å². The molecule has 0 N–H and O–H groups in total. The fraction of sp³-hybridized carbons (Fsp3) is 0. The van der Waals surface area contributed by atoms with Gasteiger partial charge in [0.25, 0.3) is 16.8 Å². The summed E-state index contributed by atoms with van der Waals surface area (Å²) >= 11 is 0. The van der Waals surface area contributed by atoms with Crippen LogP contribution in [0.4, 0.5) is 17.1 Å². The highest BCUT2D eigenvalue weighted by Gasteiger charge is 2.27. The summed E-state index contributed by atoms with van der Waals surface area (Å²) in [6.07, 6.45) is 0. The molecule has 0 saturated heterocycles. The average molecular weight is 357 g/mol. The second-order valence-electron chi connectivity index (χ2n) is 5.11. The number of benzene rings is 2. The quantitative estimate of drug-likeness (QED) is 0.508. The first kappa shape index (κ1) is 16.7. The molecule has 3 rings (SSSR count). The monoisotopic (exact) mass is 357 g/mol. The number of hydrogen-bond donors (Lipinski definition) is 0. The minimum absolute atomic E-state index is 0.0830. The van der Waals surface area contributed by atoms with Gasteiger partial charge in [-0.2, -0.15) is 0 Å². The molecule has 0 aliphatic heterocycles. The van der Waals surface area contributed by atoms with Crippen LogP contribution in [-0.4, -0.2) is 14.8 Å². The van der Waals surface area contributed by atoms with E-state index in [1.807, 2.05) is 0 Å². The molecule has 130 valence electrons. The van der Waals surface area contributed by atoms with Gasteiger partial charge in [0, 0.05) is 29.8 Å². The standard InChI is InChI=1S/C15H7N3O8/c19-14-11-7-10(17(22)23)5-6-12(11)26-15(13(14)18(24)25)8-1-3-9(4-2-8)16(20)21/h1-7H. The van der Waals surface area contributed by atoms with Gasteiger partial charge in [-0.1, -0.05) is 0 Å². The van der Waals surface area contributed by atoms with E-state index in [0.717, 1.165) is 30.3 Å². The molecule has 0 spiro atoms. The molecule has 0 unspecified atom stereocenters. The maximum atomic E-state index is 12.5. The van der Waals surface area contributed by atoms with E-state index in [4.69, 9.17) is 4.42 Å². The molecule has 3 aromatic rings. The van der Waals surface area contributed by atoms with E-state index >= 15 is 0 Å². The highest BCUT2D eigenvalue weighted by atomic mass is 16.6. The molecule has 0 atom stereocenters. The summed E-state index contributed by atoms with van der Waals surface area (Å²) in [6, 6.07) is 7.79. The Hall–Kier alpha value is -4.15. The number of hydrogen-bond acceptors (Lipinski definition) is 8. The van der Waals surface area contributed by atoms with Gasteiger partial charge in [0.1, 0.15) is 5.58 Å². The average Bonchev–Trinajstić information content (AvgIpc) is 2.60. The molecule has 26 heavy (non-hydrogen) atoms. The third-order valence-electron chi connectivity index (χ3n) is 3.58. The van der Waals surface area contributed by atoms with Crippen molar-refractivity contribution in [2.45, 2.75) is 0 Å². The van der Waals surface area contributed by atoms with Crippen molar-refractivity contribution < 1.29 is 19.2 Å². The Morgan fingerprint density at radius 2 is 1.35 bits per heavy atom. The highest BCUT2D eigenvalue weighted by Crippen LogP contribution is 2.32. The molecule has 0 fully saturated rings. The van der Waals surface area contributed by atoms with Crippen LogP contribution in [0.15, 0.2) is 51.7 Å². The number of non-ortho nitro benzene ring substituents is 2. The zero-order valence-electron chi connectivity index (χ0n) is 12.6. The smallest absolute Gasteiger partial charge is 0.359 e. The van der Waals surface area contributed by atoms with Crippen molar-refractivity contribution in [1.82, 2.24) is 0 Å². The SMILES string of the molecule is O=c1c([N+](=O)[O-])c(-c2ccc([N+](=O)[O-])cc2)oc2ccc([N+](=O)[O-])cc12. The largest absolute Gasteiger partial charge is 0.449 e. The van der Waals surface area contributed by atoms with Crippen LogP contribution < -0.4 is 5.43 Å². The van der Waals surface area contributed by atoms with E-state index < -0.39 is 37.3 Å². The summed E-state index contributed by atoms with van der Waals surface area (Å²) in [5, 5.41) is 32.6. The van der Waals surface area contributed by atoms with E-state index in [1.165, 1.54) is 12.1 Å². The van der Waals surface area contributed by atoms with Gasteiger partial charge in [-0.3, -0.25) is 35.1 Å². The van der Waals surface area contributed by atoms with Crippen molar-refractivity contribution in [1.29, 1.82) is 0 Å². The Labute approximate surface area is 142 Å². The van der Waals surface area contributed by atoms with Crippen LogP contribution in [-0.2, 0) is 0 Å². The third-order valence-corrected chi connectivity index (χ3v) is 3.58. The van der Waals surface area contributed by atoms with Crippen molar-refractivity contribution >= 4 is 28.0 Å². The molecule has 0 radical (unpaired) electrons. The molecule has 1 aromatic heterocycles. The zero-order valence-corrected chi connectivity index (χ0v) is 12.6. The summed E-state index contributed by atoms with van der Waals surface area (Å²) in [4.78, 5) is 43.0. The molecule has 11 nitrogen and oxygen atoms in total. The van der Waals surface area contributed by atoms with Crippen molar-refractivity contribution in [3.63, 3.8) is 0 Å². The Morgan fingerprint density at radius 3 is 1.88 bits per heavy atom. The Balaban J connectivity index is 2.31. The number of rotatable bonds is 4. The number of fused-ring (bicyclic) bond motifs is 1. The molecule has 0 aliphatic carbocycles. The summed E-state index contributed by atoms with van der Waals surface area (Å²) in [7, 11) is 0. The fourth-order valence-electron chi connectivity index (χ4n) is 2.38. The molecule has 2 aromatic carbocycles.